The van der Waals surface area contributed by atoms with E-state index in [4.69, 9.17) is 0 Å². The van der Waals surface area contributed by atoms with Crippen molar-refractivity contribution in [1.82, 2.24) is 24.5 Å². The predicted molar refractivity (Wildman–Crippen MR) is 89.3 cm³/mol. The molecule has 4 rings (SSSR count). The summed E-state index contributed by atoms with van der Waals surface area (Å²) in [5.74, 6) is -0.343. The highest BCUT2D eigenvalue weighted by Gasteiger charge is 2.34. The zero-order valence-corrected chi connectivity index (χ0v) is 13.9. The fourth-order valence-corrected chi connectivity index (χ4v) is 3.50. The van der Waals surface area contributed by atoms with Crippen LogP contribution in [0.2, 0.25) is 0 Å². The number of nitrogens with one attached hydrogen (secondary N) is 1. The maximum atomic E-state index is 13.7. The van der Waals surface area contributed by atoms with Gasteiger partial charge in [-0.2, -0.15) is 14.6 Å². The van der Waals surface area contributed by atoms with Gasteiger partial charge in [-0.15, -0.1) is 0 Å². The molecule has 25 heavy (non-hydrogen) atoms. The molecule has 1 aliphatic rings. The molecule has 1 N–H and O–H groups in total. The second-order valence-corrected chi connectivity index (χ2v) is 6.39. The molecule has 1 saturated heterocycles. The zero-order valence-electron chi connectivity index (χ0n) is 13.9. The van der Waals surface area contributed by atoms with Gasteiger partial charge in [0.15, 0.2) is 11.6 Å². The molecule has 3 heterocycles. The highest BCUT2D eigenvalue weighted by Crippen LogP contribution is 2.33. The van der Waals surface area contributed by atoms with E-state index in [1.165, 1.54) is 18.5 Å². The normalized spacial score (nSPS) is 21.1. The van der Waals surface area contributed by atoms with Crippen LogP contribution in [0.25, 0.3) is 5.78 Å². The maximum Gasteiger partial charge on any atom is 0.254 e. The van der Waals surface area contributed by atoms with Crippen LogP contribution in [-0.2, 0) is 0 Å². The van der Waals surface area contributed by atoms with Crippen molar-refractivity contribution in [1.29, 1.82) is 0 Å². The van der Waals surface area contributed by atoms with Crippen LogP contribution in [0, 0.1) is 18.6 Å². The lowest BCUT2D eigenvalue weighted by Gasteiger charge is -2.27. The summed E-state index contributed by atoms with van der Waals surface area (Å²) in [5, 5.41) is 7.69. The van der Waals surface area contributed by atoms with Crippen molar-refractivity contribution in [3.8, 4) is 0 Å². The second-order valence-electron chi connectivity index (χ2n) is 6.39. The predicted octanol–water partition coefficient (Wildman–Crippen LogP) is 2.57. The van der Waals surface area contributed by atoms with Crippen LogP contribution in [0.5, 0.6) is 0 Å². The summed E-state index contributed by atoms with van der Waals surface area (Å²) in [6.07, 6.45) is 2.33. The van der Waals surface area contributed by atoms with Gasteiger partial charge in [0.2, 0.25) is 0 Å². The average molecular weight is 344 g/mol. The molecule has 2 aromatic heterocycles. The number of nitrogens with zero attached hydrogens (tertiary/aromatic N) is 5. The molecular weight excluding hydrogens is 326 g/mol. The van der Waals surface area contributed by atoms with Gasteiger partial charge in [0, 0.05) is 24.3 Å². The number of hydrogen-bond acceptors (Lipinski definition) is 5. The van der Waals surface area contributed by atoms with E-state index in [0.717, 1.165) is 30.0 Å². The first-order valence-electron chi connectivity index (χ1n) is 8.12. The molecule has 3 aromatic rings. The summed E-state index contributed by atoms with van der Waals surface area (Å²) >= 11 is 0. The highest BCUT2D eigenvalue weighted by molar-refractivity contribution is 5.46. The third-order valence-corrected chi connectivity index (χ3v) is 4.65. The van der Waals surface area contributed by atoms with Gasteiger partial charge in [0.1, 0.15) is 12.1 Å². The minimum Gasteiger partial charge on any atom is -0.365 e. The fourth-order valence-electron chi connectivity index (χ4n) is 3.50. The Balaban J connectivity index is 1.68. The Bertz CT molecular complexity index is 925. The van der Waals surface area contributed by atoms with Crippen LogP contribution in [-0.4, -0.2) is 44.1 Å². The van der Waals surface area contributed by atoms with E-state index in [-0.39, 0.29) is 12.1 Å². The summed E-state index contributed by atoms with van der Waals surface area (Å²) in [6, 6.07) is 5.97. The van der Waals surface area contributed by atoms with Gasteiger partial charge < -0.3 is 5.32 Å². The highest BCUT2D eigenvalue weighted by atomic mass is 19.2. The van der Waals surface area contributed by atoms with Crippen LogP contribution in [0.15, 0.2) is 30.6 Å². The van der Waals surface area contributed by atoms with Crippen LogP contribution in [0.3, 0.4) is 0 Å². The first-order valence-corrected chi connectivity index (χ1v) is 8.12. The average Bonchev–Trinajstić information content (AvgIpc) is 3.17. The number of anilines is 1. The molecule has 2 unspecified atom stereocenters. The Labute approximate surface area is 143 Å². The second kappa shape index (κ2) is 6.03. The molecule has 6 nitrogen and oxygen atoms in total. The molecule has 130 valence electrons. The standard InChI is InChI=1S/C17H18F2N6/c1-10-7-15(25-17(22-10)20-9-21-25)23-14-5-6-24(2)16(14)11-3-4-12(18)13(19)8-11/h3-4,7-9,14,16,23H,5-6H2,1-2H3. The molecule has 1 aliphatic heterocycles. The van der Waals surface area contributed by atoms with E-state index in [1.54, 1.807) is 10.6 Å². The van der Waals surface area contributed by atoms with E-state index in [2.05, 4.69) is 25.3 Å². The molecule has 0 bridgehead atoms. The van der Waals surface area contributed by atoms with Gasteiger partial charge in [0.25, 0.3) is 5.78 Å². The largest absolute Gasteiger partial charge is 0.365 e. The van der Waals surface area contributed by atoms with Crippen molar-refractivity contribution in [2.24, 2.45) is 0 Å². The van der Waals surface area contributed by atoms with E-state index in [9.17, 15) is 8.78 Å². The van der Waals surface area contributed by atoms with Gasteiger partial charge in [-0.1, -0.05) is 6.07 Å². The monoisotopic (exact) mass is 344 g/mol. The van der Waals surface area contributed by atoms with Crippen molar-refractivity contribution in [2.45, 2.75) is 25.4 Å². The van der Waals surface area contributed by atoms with E-state index in [0.29, 0.717) is 5.78 Å². The minimum atomic E-state index is -0.831. The Morgan fingerprint density at radius 1 is 1.20 bits per heavy atom. The topological polar surface area (TPSA) is 58.4 Å². The van der Waals surface area contributed by atoms with Crippen molar-refractivity contribution in [2.75, 3.05) is 18.9 Å². The Kier molecular flexibility index (Phi) is 3.84. The lowest BCUT2D eigenvalue weighted by atomic mass is 10.00. The third kappa shape index (κ3) is 2.82. The lowest BCUT2D eigenvalue weighted by Crippen LogP contribution is -2.30. The van der Waals surface area contributed by atoms with Crippen molar-refractivity contribution >= 4 is 11.6 Å². The van der Waals surface area contributed by atoms with Gasteiger partial charge in [-0.25, -0.2) is 13.8 Å². The van der Waals surface area contributed by atoms with Crippen LogP contribution in [0.4, 0.5) is 14.6 Å². The summed E-state index contributed by atoms with van der Waals surface area (Å²) in [5.41, 5.74) is 1.58. The summed E-state index contributed by atoms with van der Waals surface area (Å²) in [6.45, 7) is 2.75. The fraction of sp³-hybridized carbons (Fsp3) is 0.353. The molecule has 0 spiro atoms. The molecule has 1 fully saturated rings. The van der Waals surface area contributed by atoms with Crippen molar-refractivity contribution in [3.05, 3.63) is 53.5 Å². The van der Waals surface area contributed by atoms with E-state index in [1.807, 2.05) is 20.0 Å². The molecule has 0 radical (unpaired) electrons. The number of rotatable bonds is 3. The van der Waals surface area contributed by atoms with Crippen LogP contribution < -0.4 is 5.32 Å². The zero-order chi connectivity index (χ0) is 17.6. The molecule has 1 aromatic carbocycles. The molecular formula is C17H18F2N6. The Morgan fingerprint density at radius 3 is 2.84 bits per heavy atom. The number of fused-ring (bicyclic) bond motifs is 1. The van der Waals surface area contributed by atoms with Crippen LogP contribution in [0.1, 0.15) is 23.7 Å². The molecule has 0 amide bonds. The Morgan fingerprint density at radius 2 is 2.04 bits per heavy atom. The third-order valence-electron chi connectivity index (χ3n) is 4.65. The number of aryl methyl sites for hydroxylation is 1. The van der Waals surface area contributed by atoms with Crippen molar-refractivity contribution < 1.29 is 8.78 Å². The SMILES string of the molecule is Cc1cc(NC2CCN(C)C2c2ccc(F)c(F)c2)n2ncnc2n1. The number of likely N-dealkylation sites (tertiary alicyclic amines) is 1. The number of halogens is 2. The first kappa shape index (κ1) is 15.9. The van der Waals surface area contributed by atoms with Gasteiger partial charge in [0.05, 0.1) is 6.04 Å². The number of hydrogen-bond donors (Lipinski definition) is 1. The summed E-state index contributed by atoms with van der Waals surface area (Å²) < 4.78 is 28.6. The van der Waals surface area contributed by atoms with E-state index >= 15 is 0 Å². The Hall–Kier alpha value is -2.61. The van der Waals surface area contributed by atoms with Crippen molar-refractivity contribution in [3.63, 3.8) is 0 Å². The quantitative estimate of drug-likeness (QED) is 0.791. The molecule has 0 aliphatic carbocycles. The smallest absolute Gasteiger partial charge is 0.254 e. The maximum absolute atomic E-state index is 13.7. The number of aromatic nitrogens is 4. The van der Waals surface area contributed by atoms with Gasteiger partial charge in [-0.05, 0) is 38.1 Å². The lowest BCUT2D eigenvalue weighted by molar-refractivity contribution is 0.307. The minimum absolute atomic E-state index is 0.0315. The molecule has 2 atom stereocenters. The number of likely N-dealkylation sites (N-methyl/N-ethyl adjacent to an activating group) is 1. The first-order chi connectivity index (χ1) is 12.0. The summed E-state index contributed by atoms with van der Waals surface area (Å²) in [7, 11) is 1.98. The molecule has 8 heteroatoms. The molecule has 0 saturated carbocycles. The number of benzene rings is 1. The van der Waals surface area contributed by atoms with Gasteiger partial charge >= 0.3 is 0 Å². The van der Waals surface area contributed by atoms with E-state index < -0.39 is 11.6 Å². The summed E-state index contributed by atoms with van der Waals surface area (Å²) in [4.78, 5) is 10.6. The van der Waals surface area contributed by atoms with Gasteiger partial charge in [-0.3, -0.25) is 4.90 Å². The van der Waals surface area contributed by atoms with Crippen LogP contribution >= 0.6 is 0 Å².